The van der Waals surface area contributed by atoms with Crippen molar-refractivity contribution < 1.29 is 28.7 Å². The minimum atomic E-state index is -1.93. The summed E-state index contributed by atoms with van der Waals surface area (Å²) < 4.78 is 26.9. The fourth-order valence-corrected chi connectivity index (χ4v) is 3.62. The smallest absolute Gasteiger partial charge is 0.327 e. The molecular weight excluding hydrogens is 294 g/mol. The van der Waals surface area contributed by atoms with Crippen LogP contribution in [0.25, 0.3) is 0 Å². The van der Waals surface area contributed by atoms with Crippen molar-refractivity contribution in [2.75, 3.05) is 5.75 Å². The summed E-state index contributed by atoms with van der Waals surface area (Å²) in [5.41, 5.74) is 0. The Bertz CT molecular complexity index is 435. The van der Waals surface area contributed by atoms with Crippen molar-refractivity contribution in [3.05, 3.63) is 0 Å². The third-order valence-electron chi connectivity index (χ3n) is 3.25. The second-order valence-corrected chi connectivity index (χ2v) is 6.35. The van der Waals surface area contributed by atoms with Crippen LogP contribution in [-0.4, -0.2) is 51.5 Å². The highest BCUT2D eigenvalue weighted by atomic mass is 32.2. The second kappa shape index (κ2) is 9.27. The highest BCUT2D eigenvalue weighted by Gasteiger charge is 2.35. The van der Waals surface area contributed by atoms with Gasteiger partial charge in [-0.2, -0.15) is 11.8 Å². The summed E-state index contributed by atoms with van der Waals surface area (Å²) in [5, 5.41) is 21.1. The topological polar surface area (TPSA) is 95.9 Å². The molecule has 4 atom stereocenters. The van der Waals surface area contributed by atoms with Crippen molar-refractivity contribution in [3.63, 3.8) is 0 Å². The van der Waals surface area contributed by atoms with E-state index in [1.807, 2.05) is 0 Å². The molecule has 1 rings (SSSR count). The average molecular weight is 322 g/mol. The van der Waals surface area contributed by atoms with Gasteiger partial charge in [-0.05, 0) is 6.42 Å². The van der Waals surface area contributed by atoms with Crippen LogP contribution in [0, 0.1) is 0 Å². The van der Waals surface area contributed by atoms with Gasteiger partial charge in [-0.1, -0.05) is 26.1 Å². The van der Waals surface area contributed by atoms with Crippen LogP contribution in [0.4, 0.5) is 0 Å². The number of thioether (sulfide) groups is 1. The first-order valence-electron chi connectivity index (χ1n) is 8.53. The van der Waals surface area contributed by atoms with E-state index in [9.17, 15) is 14.7 Å². The molecule has 0 aromatic rings. The predicted octanol–water partition coefficient (Wildman–Crippen LogP) is 1.37. The van der Waals surface area contributed by atoms with Gasteiger partial charge in [0.25, 0.3) is 0 Å². The van der Waals surface area contributed by atoms with Gasteiger partial charge in [-0.3, -0.25) is 4.79 Å². The molecule has 3 unspecified atom stereocenters. The lowest BCUT2D eigenvalue weighted by Gasteiger charge is -2.20. The van der Waals surface area contributed by atoms with E-state index in [0.717, 1.165) is 0 Å². The molecule has 21 heavy (non-hydrogen) atoms. The molecular formula is C14H25NO5S. The zero-order chi connectivity index (χ0) is 18.3. The van der Waals surface area contributed by atoms with Crippen molar-refractivity contribution in [2.24, 2.45) is 0 Å². The summed E-state index contributed by atoms with van der Waals surface area (Å²) in [5.74, 6) is -1.33. The fraction of sp³-hybridized carbons (Fsp3) is 0.857. The number of nitrogens with one attached hydrogen (secondary N) is 1. The Morgan fingerprint density at radius 1 is 1.52 bits per heavy atom. The molecule has 1 aliphatic rings. The Kier molecular flexibility index (Phi) is 6.11. The minimum absolute atomic E-state index is 0.0802. The van der Waals surface area contributed by atoms with Crippen molar-refractivity contribution in [3.8, 4) is 0 Å². The number of carboxylic acids is 1. The maximum Gasteiger partial charge on any atom is 0.327 e. The van der Waals surface area contributed by atoms with E-state index >= 15 is 0 Å². The molecule has 0 spiro atoms. The molecule has 6 nitrogen and oxygen atoms in total. The number of carbonyl (C=O) groups is 2. The third kappa shape index (κ3) is 6.67. The number of aliphatic carboxylic acids is 1. The van der Waals surface area contributed by atoms with Crippen molar-refractivity contribution in [2.45, 2.75) is 69.6 Å². The normalized spacial score (nSPS) is 29.2. The summed E-state index contributed by atoms with van der Waals surface area (Å²) in [6, 6.07) is -0.985. The van der Waals surface area contributed by atoms with E-state index in [1.54, 1.807) is 0 Å². The van der Waals surface area contributed by atoms with E-state index in [2.05, 4.69) is 5.32 Å². The lowest BCUT2D eigenvalue weighted by Crippen LogP contribution is -2.42. The summed E-state index contributed by atoms with van der Waals surface area (Å²) in [7, 11) is 0. The van der Waals surface area contributed by atoms with Gasteiger partial charge in [-0.15, -0.1) is 0 Å². The fourth-order valence-electron chi connectivity index (χ4n) is 2.24. The van der Waals surface area contributed by atoms with Crippen LogP contribution >= 0.6 is 11.8 Å². The molecule has 0 bridgehead atoms. The van der Waals surface area contributed by atoms with Gasteiger partial charge in [0.15, 0.2) is 6.29 Å². The van der Waals surface area contributed by atoms with Gasteiger partial charge in [0, 0.05) is 28.5 Å². The highest BCUT2D eigenvalue weighted by molar-refractivity contribution is 8.00. The number of aliphatic hydroxyl groups excluding tert-OH is 1. The highest BCUT2D eigenvalue weighted by Crippen LogP contribution is 2.33. The summed E-state index contributed by atoms with van der Waals surface area (Å²) in [4.78, 5) is 22.2. The number of carboxylic acid groups (broad SMARTS) is 1. The summed E-state index contributed by atoms with van der Waals surface area (Å²) >= 11 is 1.35. The first-order valence-corrected chi connectivity index (χ1v) is 8.08. The number of aliphatic hydroxyl groups is 1. The molecule has 1 aliphatic heterocycles. The monoisotopic (exact) mass is 322 g/mol. The second-order valence-electron chi connectivity index (χ2n) is 5.07. The lowest BCUT2D eigenvalue weighted by molar-refractivity contribution is -0.140. The standard InChI is InChI=1S/C14H25NO5S/c1-3-4-5-6-11-12(7-13(17)20-11)21-8-10(14(18)19)15-9(2)16/h10-13,17H,3-8H2,1-2H3,(H,15,16)(H,18,19)/t10-,11?,12?,13?/m0/s1/i1D3. The number of rotatable bonds is 9. The van der Waals surface area contributed by atoms with Crippen LogP contribution in [0.1, 0.15) is 50.0 Å². The predicted molar refractivity (Wildman–Crippen MR) is 81.1 cm³/mol. The number of hydrogen-bond donors (Lipinski definition) is 3. The van der Waals surface area contributed by atoms with Crippen LogP contribution in [0.15, 0.2) is 0 Å². The molecule has 1 fully saturated rings. The van der Waals surface area contributed by atoms with Crippen molar-refractivity contribution >= 4 is 23.6 Å². The molecule has 122 valence electrons. The average Bonchev–Trinajstić information content (AvgIpc) is 2.78. The van der Waals surface area contributed by atoms with E-state index in [0.29, 0.717) is 25.7 Å². The molecule has 0 aromatic heterocycles. The third-order valence-corrected chi connectivity index (χ3v) is 4.70. The molecule has 0 aromatic carbocycles. The Morgan fingerprint density at radius 3 is 2.90 bits per heavy atom. The lowest BCUT2D eigenvalue weighted by atomic mass is 10.1. The van der Waals surface area contributed by atoms with E-state index in [4.69, 9.17) is 14.0 Å². The van der Waals surface area contributed by atoms with Gasteiger partial charge in [0.1, 0.15) is 6.04 Å². The van der Waals surface area contributed by atoms with Crippen LogP contribution in [-0.2, 0) is 14.3 Å². The van der Waals surface area contributed by atoms with Gasteiger partial charge in [0.05, 0.1) is 6.10 Å². The Labute approximate surface area is 133 Å². The van der Waals surface area contributed by atoms with Crippen molar-refractivity contribution in [1.29, 1.82) is 0 Å². The van der Waals surface area contributed by atoms with E-state index in [-0.39, 0.29) is 23.5 Å². The Morgan fingerprint density at radius 2 is 2.29 bits per heavy atom. The largest absolute Gasteiger partial charge is 0.480 e. The zero-order valence-corrected chi connectivity index (χ0v) is 12.9. The first-order chi connectivity index (χ1) is 11.1. The van der Waals surface area contributed by atoms with E-state index < -0.39 is 31.1 Å². The molecule has 0 saturated carbocycles. The van der Waals surface area contributed by atoms with Gasteiger partial charge < -0.3 is 20.3 Å². The Hall–Kier alpha value is -0.790. The number of unbranched alkanes of at least 4 members (excludes halogenated alkanes) is 1. The van der Waals surface area contributed by atoms with Crippen LogP contribution in [0.5, 0.6) is 0 Å². The zero-order valence-electron chi connectivity index (χ0n) is 15.1. The van der Waals surface area contributed by atoms with Gasteiger partial charge in [0.2, 0.25) is 5.91 Å². The van der Waals surface area contributed by atoms with Crippen LogP contribution < -0.4 is 5.32 Å². The molecule has 1 heterocycles. The van der Waals surface area contributed by atoms with Crippen molar-refractivity contribution in [1.82, 2.24) is 5.32 Å². The molecule has 1 saturated heterocycles. The number of hydrogen-bond acceptors (Lipinski definition) is 5. The molecule has 0 radical (unpaired) electrons. The SMILES string of the molecule is [2H]C([2H])([2H])CCCCC1OC(O)CC1SC[C@H](NC(C)=O)C(=O)O. The number of ether oxygens (including phenoxy) is 1. The maximum absolute atomic E-state index is 11.1. The molecule has 3 N–H and O–H groups in total. The van der Waals surface area contributed by atoms with Gasteiger partial charge >= 0.3 is 5.97 Å². The number of amides is 1. The Balaban J connectivity index is 2.43. The molecule has 1 amide bonds. The van der Waals surface area contributed by atoms with Gasteiger partial charge in [-0.25, -0.2) is 4.79 Å². The van der Waals surface area contributed by atoms with E-state index in [1.165, 1.54) is 18.7 Å². The quantitative estimate of drug-likeness (QED) is 0.555. The molecule has 0 aliphatic carbocycles. The maximum atomic E-state index is 11.1. The molecule has 7 heteroatoms. The van der Waals surface area contributed by atoms with Crippen LogP contribution in [0.3, 0.4) is 0 Å². The number of carbonyl (C=O) groups excluding carboxylic acids is 1. The van der Waals surface area contributed by atoms with Crippen LogP contribution in [0.2, 0.25) is 0 Å². The summed E-state index contributed by atoms with van der Waals surface area (Å²) in [6.45, 7) is -0.673. The first kappa shape index (κ1) is 13.8. The summed E-state index contributed by atoms with van der Waals surface area (Å²) in [6.07, 6.45) is 1.23. The minimum Gasteiger partial charge on any atom is -0.480 e.